The second-order valence-electron chi connectivity index (χ2n) is 5.69. The molecule has 4 heteroatoms. The number of nitrogens with one attached hydrogen (secondary N) is 1. The van der Waals surface area contributed by atoms with Crippen molar-refractivity contribution >= 4 is 5.91 Å². The first-order valence-corrected chi connectivity index (χ1v) is 7.61. The third-order valence-electron chi connectivity index (χ3n) is 4.12. The van der Waals surface area contributed by atoms with Gasteiger partial charge < -0.3 is 9.88 Å². The highest BCUT2D eigenvalue weighted by atomic mass is 16.2. The number of amides is 1. The summed E-state index contributed by atoms with van der Waals surface area (Å²) in [4.78, 5) is 16.2. The van der Waals surface area contributed by atoms with Crippen LogP contribution in [0.1, 0.15) is 36.9 Å². The van der Waals surface area contributed by atoms with Crippen LogP contribution in [0, 0.1) is 0 Å². The molecule has 2 atom stereocenters. The molecule has 1 aromatic heterocycles. The highest BCUT2D eigenvalue weighted by Crippen LogP contribution is 2.30. The molecule has 1 aliphatic heterocycles. The van der Waals surface area contributed by atoms with Gasteiger partial charge in [-0.15, -0.1) is 0 Å². The predicted molar refractivity (Wildman–Crippen MR) is 82.0 cm³/mol. The molecule has 1 N–H and O–H groups in total. The van der Waals surface area contributed by atoms with Crippen LogP contribution in [0.5, 0.6) is 0 Å². The van der Waals surface area contributed by atoms with E-state index < -0.39 is 0 Å². The lowest BCUT2D eigenvalue weighted by Gasteiger charge is -2.20. The fraction of sp³-hybridized carbons (Fsp3) is 0.412. The van der Waals surface area contributed by atoms with Gasteiger partial charge in [-0.3, -0.25) is 4.79 Å². The van der Waals surface area contributed by atoms with E-state index in [4.69, 9.17) is 0 Å². The number of aryl methyl sites for hydroxylation is 1. The Morgan fingerprint density at radius 3 is 2.90 bits per heavy atom. The number of hydrogen-bond acceptors (Lipinski definition) is 2. The van der Waals surface area contributed by atoms with Gasteiger partial charge in [0.25, 0.3) is 0 Å². The second-order valence-corrected chi connectivity index (χ2v) is 5.69. The van der Waals surface area contributed by atoms with Gasteiger partial charge in [-0.05, 0) is 18.4 Å². The van der Waals surface area contributed by atoms with E-state index in [9.17, 15) is 4.79 Å². The zero-order valence-electron chi connectivity index (χ0n) is 12.3. The maximum atomic E-state index is 11.9. The van der Waals surface area contributed by atoms with Crippen LogP contribution >= 0.6 is 0 Å². The molecule has 1 aromatic carbocycles. The van der Waals surface area contributed by atoms with E-state index in [1.807, 2.05) is 30.7 Å². The number of benzene rings is 1. The predicted octanol–water partition coefficient (Wildman–Crippen LogP) is 2.51. The van der Waals surface area contributed by atoms with Crippen molar-refractivity contribution in [2.75, 3.05) is 0 Å². The lowest BCUT2D eigenvalue weighted by atomic mass is 9.92. The third-order valence-corrected chi connectivity index (χ3v) is 4.12. The average molecular weight is 283 g/mol. The summed E-state index contributed by atoms with van der Waals surface area (Å²) in [6, 6.07) is 10.5. The summed E-state index contributed by atoms with van der Waals surface area (Å²) in [6.07, 6.45) is 6.29. The van der Waals surface area contributed by atoms with Gasteiger partial charge in [0, 0.05) is 36.8 Å². The third kappa shape index (κ3) is 2.99. The maximum Gasteiger partial charge on any atom is 0.220 e. The van der Waals surface area contributed by atoms with Gasteiger partial charge in [0.1, 0.15) is 0 Å². The molecule has 21 heavy (non-hydrogen) atoms. The van der Waals surface area contributed by atoms with Gasteiger partial charge in [0.2, 0.25) is 5.91 Å². The lowest BCUT2D eigenvalue weighted by molar-refractivity contribution is -0.119. The van der Waals surface area contributed by atoms with E-state index in [-0.39, 0.29) is 17.9 Å². The quantitative estimate of drug-likeness (QED) is 0.916. The van der Waals surface area contributed by atoms with Crippen LogP contribution < -0.4 is 5.32 Å². The molecule has 1 amide bonds. The smallest absolute Gasteiger partial charge is 0.220 e. The number of carbonyl (C=O) groups is 1. The molecule has 2 unspecified atom stereocenters. The Morgan fingerprint density at radius 2 is 2.14 bits per heavy atom. The summed E-state index contributed by atoms with van der Waals surface area (Å²) in [5.41, 5.74) is 2.44. The van der Waals surface area contributed by atoms with Crippen molar-refractivity contribution in [3.63, 3.8) is 0 Å². The van der Waals surface area contributed by atoms with Crippen molar-refractivity contribution in [2.24, 2.45) is 0 Å². The van der Waals surface area contributed by atoms with Crippen molar-refractivity contribution in [3.05, 3.63) is 54.1 Å². The van der Waals surface area contributed by atoms with Crippen molar-refractivity contribution < 1.29 is 4.79 Å². The lowest BCUT2D eigenvalue weighted by Crippen LogP contribution is -2.31. The maximum absolute atomic E-state index is 11.9. The fourth-order valence-corrected chi connectivity index (χ4v) is 3.15. The molecule has 2 heterocycles. The Labute approximate surface area is 125 Å². The molecule has 0 saturated carbocycles. The van der Waals surface area contributed by atoms with Gasteiger partial charge >= 0.3 is 0 Å². The van der Waals surface area contributed by atoms with Crippen molar-refractivity contribution in [1.82, 2.24) is 14.9 Å². The molecule has 0 bridgehead atoms. The van der Waals surface area contributed by atoms with Crippen LogP contribution in [0.25, 0.3) is 0 Å². The summed E-state index contributed by atoms with van der Waals surface area (Å²) in [5, 5.41) is 3.13. The highest BCUT2D eigenvalue weighted by Gasteiger charge is 2.35. The summed E-state index contributed by atoms with van der Waals surface area (Å²) in [5.74, 6) is 0.358. The largest absolute Gasteiger partial charge is 0.352 e. The zero-order chi connectivity index (χ0) is 14.7. The number of carbonyl (C=O) groups excluding carboxylic acids is 1. The average Bonchev–Trinajstić information content (AvgIpc) is 3.07. The summed E-state index contributed by atoms with van der Waals surface area (Å²) < 4.78 is 2.18. The summed E-state index contributed by atoms with van der Waals surface area (Å²) >= 11 is 0. The second kappa shape index (κ2) is 6.12. The van der Waals surface area contributed by atoms with E-state index in [1.165, 1.54) is 11.3 Å². The Bertz CT molecular complexity index is 606. The van der Waals surface area contributed by atoms with Gasteiger partial charge in [0.15, 0.2) is 0 Å². The molecule has 3 rings (SSSR count). The molecule has 1 saturated heterocycles. The monoisotopic (exact) mass is 283 g/mol. The molecular formula is C17H21N3O. The first-order chi connectivity index (χ1) is 10.3. The molecule has 0 radical (unpaired) electrons. The van der Waals surface area contributed by atoms with E-state index >= 15 is 0 Å². The molecule has 0 spiro atoms. The first kappa shape index (κ1) is 13.9. The number of hydrogen-bond donors (Lipinski definition) is 1. The summed E-state index contributed by atoms with van der Waals surface area (Å²) in [7, 11) is 0. The Balaban J connectivity index is 1.82. The van der Waals surface area contributed by atoms with Crippen LogP contribution in [-0.4, -0.2) is 21.5 Å². The number of rotatable bonds is 5. The SMILES string of the molecule is CCCn1cncc1C1CC(=O)NC1Cc1ccccc1. The number of imidazole rings is 1. The van der Waals surface area contributed by atoms with Gasteiger partial charge in [-0.2, -0.15) is 0 Å². The minimum absolute atomic E-state index is 0.144. The van der Waals surface area contributed by atoms with Crippen LogP contribution in [0.4, 0.5) is 0 Å². The number of aromatic nitrogens is 2. The van der Waals surface area contributed by atoms with Crippen LogP contribution in [0.3, 0.4) is 0 Å². The highest BCUT2D eigenvalue weighted by molar-refractivity contribution is 5.80. The van der Waals surface area contributed by atoms with E-state index in [0.717, 1.165) is 19.4 Å². The standard InChI is InChI=1S/C17H21N3O/c1-2-8-20-12-18-11-16(20)14-10-17(21)19-15(14)9-13-6-4-3-5-7-13/h3-7,11-12,14-15H,2,8-10H2,1H3,(H,19,21). The Morgan fingerprint density at radius 1 is 1.33 bits per heavy atom. The fourth-order valence-electron chi connectivity index (χ4n) is 3.15. The van der Waals surface area contributed by atoms with Crippen molar-refractivity contribution in [2.45, 2.75) is 44.7 Å². The first-order valence-electron chi connectivity index (χ1n) is 7.61. The van der Waals surface area contributed by atoms with Crippen LogP contribution in [-0.2, 0) is 17.8 Å². The Kier molecular flexibility index (Phi) is 4.04. The van der Waals surface area contributed by atoms with Crippen molar-refractivity contribution in [1.29, 1.82) is 0 Å². The van der Waals surface area contributed by atoms with Crippen LogP contribution in [0.2, 0.25) is 0 Å². The summed E-state index contributed by atoms with van der Waals surface area (Å²) in [6.45, 7) is 3.11. The number of nitrogens with zero attached hydrogens (tertiary/aromatic N) is 2. The van der Waals surface area contributed by atoms with Gasteiger partial charge in [-0.1, -0.05) is 37.3 Å². The minimum atomic E-state index is 0.144. The van der Waals surface area contributed by atoms with E-state index in [2.05, 4.69) is 33.9 Å². The molecule has 110 valence electrons. The zero-order valence-corrected chi connectivity index (χ0v) is 12.3. The van der Waals surface area contributed by atoms with Gasteiger partial charge in [-0.25, -0.2) is 4.98 Å². The van der Waals surface area contributed by atoms with Gasteiger partial charge in [0.05, 0.1) is 6.33 Å². The molecule has 2 aromatic rings. The molecule has 4 nitrogen and oxygen atoms in total. The van der Waals surface area contributed by atoms with E-state index in [0.29, 0.717) is 6.42 Å². The molecular weight excluding hydrogens is 262 g/mol. The Hall–Kier alpha value is -2.10. The van der Waals surface area contributed by atoms with Crippen molar-refractivity contribution in [3.8, 4) is 0 Å². The molecule has 1 fully saturated rings. The minimum Gasteiger partial charge on any atom is -0.352 e. The molecule has 0 aliphatic carbocycles. The van der Waals surface area contributed by atoms with Crippen LogP contribution in [0.15, 0.2) is 42.9 Å². The topological polar surface area (TPSA) is 46.9 Å². The normalized spacial score (nSPS) is 21.5. The van der Waals surface area contributed by atoms with E-state index in [1.54, 1.807) is 0 Å². The molecule has 1 aliphatic rings.